The van der Waals surface area contributed by atoms with Gasteiger partial charge in [-0.1, -0.05) is 30.3 Å². The third kappa shape index (κ3) is 3.12. The predicted octanol–water partition coefficient (Wildman–Crippen LogP) is 2.82. The largest absolute Gasteiger partial charge is 0.308 e. The van der Waals surface area contributed by atoms with Crippen LogP contribution in [0.4, 0.5) is 0 Å². The maximum atomic E-state index is 3.78. The van der Waals surface area contributed by atoms with Gasteiger partial charge in [0.1, 0.15) is 0 Å². The normalized spacial score (nSPS) is 22.2. The maximum absolute atomic E-state index is 3.78. The van der Waals surface area contributed by atoms with E-state index in [1.165, 1.54) is 50.9 Å². The van der Waals surface area contributed by atoms with Crippen molar-refractivity contribution < 1.29 is 0 Å². The van der Waals surface area contributed by atoms with E-state index in [1.807, 2.05) is 0 Å². The van der Waals surface area contributed by atoms with Gasteiger partial charge in [-0.3, -0.25) is 0 Å². The van der Waals surface area contributed by atoms with Gasteiger partial charge in [0.15, 0.2) is 0 Å². The van der Waals surface area contributed by atoms with Gasteiger partial charge in [0.25, 0.3) is 0 Å². The summed E-state index contributed by atoms with van der Waals surface area (Å²) in [7, 11) is 0. The van der Waals surface area contributed by atoms with Gasteiger partial charge in [-0.25, -0.2) is 0 Å². The molecule has 0 bridgehead atoms. The highest BCUT2D eigenvalue weighted by Gasteiger charge is 2.31. The fraction of sp³-hybridized carbons (Fsp3) is 0.625. The number of nitrogens with one attached hydrogen (secondary N) is 1. The molecule has 1 aromatic rings. The van der Waals surface area contributed by atoms with Gasteiger partial charge >= 0.3 is 0 Å². The third-order valence-electron chi connectivity index (χ3n) is 4.24. The standard InChI is InChI=1S/C16H24N2/c1-2-6-14(7-3-1)16(15-8-9-15)17-10-13-18-11-4-5-12-18/h1-3,6-7,15-17H,4-5,8-13H2. The van der Waals surface area contributed by atoms with E-state index in [2.05, 4.69) is 40.5 Å². The van der Waals surface area contributed by atoms with Crippen LogP contribution in [0.3, 0.4) is 0 Å². The van der Waals surface area contributed by atoms with E-state index in [1.54, 1.807) is 0 Å². The van der Waals surface area contributed by atoms with Crippen LogP contribution in [0.25, 0.3) is 0 Å². The first-order valence-electron chi connectivity index (χ1n) is 7.44. The summed E-state index contributed by atoms with van der Waals surface area (Å²) in [5.74, 6) is 0.881. The average Bonchev–Trinajstić information content (AvgIpc) is 3.12. The minimum Gasteiger partial charge on any atom is -0.308 e. The molecular formula is C16H24N2. The zero-order chi connectivity index (χ0) is 12.2. The molecule has 2 fully saturated rings. The number of nitrogens with zero attached hydrogens (tertiary/aromatic N) is 1. The molecule has 2 nitrogen and oxygen atoms in total. The molecule has 2 heteroatoms. The summed E-state index contributed by atoms with van der Waals surface area (Å²) in [5.41, 5.74) is 1.47. The zero-order valence-electron chi connectivity index (χ0n) is 11.1. The Morgan fingerprint density at radius 1 is 1.11 bits per heavy atom. The maximum Gasteiger partial charge on any atom is 0.0349 e. The van der Waals surface area contributed by atoms with Crippen molar-refractivity contribution in [2.24, 2.45) is 5.92 Å². The van der Waals surface area contributed by atoms with Crippen molar-refractivity contribution in [2.75, 3.05) is 26.2 Å². The summed E-state index contributed by atoms with van der Waals surface area (Å²) < 4.78 is 0. The zero-order valence-corrected chi connectivity index (χ0v) is 11.1. The van der Waals surface area contributed by atoms with Gasteiger partial charge in [0.2, 0.25) is 0 Å². The average molecular weight is 244 g/mol. The molecule has 0 amide bonds. The van der Waals surface area contributed by atoms with Gasteiger partial charge in [0.05, 0.1) is 0 Å². The van der Waals surface area contributed by atoms with Crippen LogP contribution in [0.1, 0.15) is 37.3 Å². The molecule has 98 valence electrons. The molecule has 1 saturated heterocycles. The summed E-state index contributed by atoms with van der Waals surface area (Å²) in [4.78, 5) is 2.59. The van der Waals surface area contributed by atoms with Gasteiger partial charge in [-0.15, -0.1) is 0 Å². The highest BCUT2D eigenvalue weighted by atomic mass is 15.2. The molecular weight excluding hydrogens is 220 g/mol. The van der Waals surface area contributed by atoms with E-state index in [0.717, 1.165) is 12.5 Å². The van der Waals surface area contributed by atoms with Crippen LogP contribution >= 0.6 is 0 Å². The van der Waals surface area contributed by atoms with Crippen LogP contribution in [0, 0.1) is 5.92 Å². The fourth-order valence-corrected chi connectivity index (χ4v) is 3.03. The van der Waals surface area contributed by atoms with Crippen molar-refractivity contribution in [1.82, 2.24) is 10.2 Å². The quantitative estimate of drug-likeness (QED) is 0.828. The highest BCUT2D eigenvalue weighted by molar-refractivity contribution is 5.21. The van der Waals surface area contributed by atoms with Crippen molar-refractivity contribution in [3.8, 4) is 0 Å². The van der Waals surface area contributed by atoms with Crippen LogP contribution < -0.4 is 5.32 Å². The van der Waals surface area contributed by atoms with E-state index in [4.69, 9.17) is 0 Å². The second-order valence-corrected chi connectivity index (χ2v) is 5.73. The topological polar surface area (TPSA) is 15.3 Å². The molecule has 3 rings (SSSR count). The number of rotatable bonds is 6. The highest BCUT2D eigenvalue weighted by Crippen LogP contribution is 2.40. The molecule has 1 aromatic carbocycles. The van der Waals surface area contributed by atoms with Crippen LogP contribution in [0.15, 0.2) is 30.3 Å². The van der Waals surface area contributed by atoms with Crippen LogP contribution in [-0.4, -0.2) is 31.1 Å². The number of benzene rings is 1. The Labute approximate surface area is 110 Å². The molecule has 0 aromatic heterocycles. The van der Waals surface area contributed by atoms with Gasteiger partial charge in [0, 0.05) is 19.1 Å². The molecule has 1 heterocycles. The smallest absolute Gasteiger partial charge is 0.0349 e. The molecule has 1 atom stereocenters. The SMILES string of the molecule is c1ccc(C(NCCN2CCCC2)C2CC2)cc1. The van der Waals surface area contributed by atoms with E-state index >= 15 is 0 Å². The first kappa shape index (κ1) is 12.2. The molecule has 18 heavy (non-hydrogen) atoms. The van der Waals surface area contributed by atoms with Crippen molar-refractivity contribution in [3.63, 3.8) is 0 Å². The minimum atomic E-state index is 0.591. The number of hydrogen-bond acceptors (Lipinski definition) is 2. The van der Waals surface area contributed by atoms with E-state index < -0.39 is 0 Å². The lowest BCUT2D eigenvalue weighted by Gasteiger charge is -2.21. The van der Waals surface area contributed by atoms with Crippen LogP contribution in [-0.2, 0) is 0 Å². The lowest BCUT2D eigenvalue weighted by molar-refractivity contribution is 0.323. The lowest BCUT2D eigenvalue weighted by Crippen LogP contribution is -2.33. The first-order chi connectivity index (χ1) is 8.93. The van der Waals surface area contributed by atoms with E-state index in [-0.39, 0.29) is 0 Å². The van der Waals surface area contributed by atoms with Gasteiger partial charge in [-0.2, -0.15) is 0 Å². The first-order valence-corrected chi connectivity index (χ1v) is 7.44. The molecule has 0 spiro atoms. The third-order valence-corrected chi connectivity index (χ3v) is 4.24. The second-order valence-electron chi connectivity index (χ2n) is 5.73. The Morgan fingerprint density at radius 3 is 2.50 bits per heavy atom. The Morgan fingerprint density at radius 2 is 1.83 bits per heavy atom. The molecule has 1 saturated carbocycles. The molecule has 0 radical (unpaired) electrons. The van der Waals surface area contributed by atoms with Crippen LogP contribution in [0.2, 0.25) is 0 Å². The Bertz CT molecular complexity index is 353. The molecule has 1 aliphatic heterocycles. The minimum absolute atomic E-state index is 0.591. The van der Waals surface area contributed by atoms with Crippen molar-refractivity contribution in [2.45, 2.75) is 31.7 Å². The number of hydrogen-bond donors (Lipinski definition) is 1. The second kappa shape index (κ2) is 5.85. The summed E-state index contributed by atoms with van der Waals surface area (Å²) >= 11 is 0. The van der Waals surface area contributed by atoms with E-state index in [9.17, 15) is 0 Å². The van der Waals surface area contributed by atoms with E-state index in [0.29, 0.717) is 6.04 Å². The Kier molecular flexibility index (Phi) is 3.96. The monoisotopic (exact) mass is 244 g/mol. The predicted molar refractivity (Wildman–Crippen MR) is 75.6 cm³/mol. The molecule has 1 unspecified atom stereocenters. The van der Waals surface area contributed by atoms with Gasteiger partial charge < -0.3 is 10.2 Å². The summed E-state index contributed by atoms with van der Waals surface area (Å²) in [6, 6.07) is 11.6. The molecule has 2 aliphatic rings. The van der Waals surface area contributed by atoms with Crippen LogP contribution in [0.5, 0.6) is 0 Å². The van der Waals surface area contributed by atoms with Crippen molar-refractivity contribution >= 4 is 0 Å². The Balaban J connectivity index is 1.51. The summed E-state index contributed by atoms with van der Waals surface area (Å²) in [6.45, 7) is 4.97. The lowest BCUT2D eigenvalue weighted by atomic mass is 10.0. The molecule has 1 N–H and O–H groups in total. The van der Waals surface area contributed by atoms with Crippen molar-refractivity contribution in [1.29, 1.82) is 0 Å². The molecule has 1 aliphatic carbocycles. The Hall–Kier alpha value is -0.860. The van der Waals surface area contributed by atoms with Crippen molar-refractivity contribution in [3.05, 3.63) is 35.9 Å². The van der Waals surface area contributed by atoms with Gasteiger partial charge in [-0.05, 0) is 50.3 Å². The number of likely N-dealkylation sites (tertiary alicyclic amines) is 1. The summed E-state index contributed by atoms with van der Waals surface area (Å²) in [5, 5.41) is 3.78. The fourth-order valence-electron chi connectivity index (χ4n) is 3.03. The summed E-state index contributed by atoms with van der Waals surface area (Å²) in [6.07, 6.45) is 5.59.